The summed E-state index contributed by atoms with van der Waals surface area (Å²) in [5, 5.41) is 2.49. The highest BCUT2D eigenvalue weighted by Gasteiger charge is 2.24. The first-order chi connectivity index (χ1) is 19.3. The first-order valence-corrected chi connectivity index (χ1v) is 13.4. The van der Waals surface area contributed by atoms with Gasteiger partial charge in [-0.25, -0.2) is 0 Å². The number of para-hydroxylation sites is 4. The molecular weight excluding hydrogens is 472 g/mol. The quantitative estimate of drug-likeness (QED) is 0.214. The van der Waals surface area contributed by atoms with E-state index in [1.54, 1.807) is 0 Å². The van der Waals surface area contributed by atoms with Crippen molar-refractivity contribution in [2.24, 2.45) is 0 Å². The summed E-state index contributed by atoms with van der Waals surface area (Å²) in [7, 11) is 0. The maximum absolute atomic E-state index is 4.18. The van der Waals surface area contributed by atoms with Gasteiger partial charge in [0.15, 0.2) is 0 Å². The average molecular weight is 501 g/mol. The second-order valence-corrected chi connectivity index (χ2v) is 9.88. The fraction of sp³-hybridized carbons (Fsp3) is 0.0270. The van der Waals surface area contributed by atoms with E-state index in [2.05, 4.69) is 156 Å². The summed E-state index contributed by atoms with van der Waals surface area (Å²) in [6.07, 6.45) is 7.32. The number of anilines is 2. The Kier molecular flexibility index (Phi) is 5.71. The highest BCUT2D eigenvalue weighted by Crippen LogP contribution is 2.40. The number of rotatable bonds is 5. The third kappa shape index (κ3) is 3.98. The van der Waals surface area contributed by atoms with Crippen LogP contribution in [0.3, 0.4) is 0 Å². The number of aromatic nitrogens is 1. The van der Waals surface area contributed by atoms with Crippen molar-refractivity contribution in [1.29, 1.82) is 0 Å². The Labute approximate surface area is 229 Å². The molecule has 7 rings (SSSR count). The first kappa shape index (κ1) is 23.1. The van der Waals surface area contributed by atoms with Gasteiger partial charge in [-0.1, -0.05) is 97.6 Å². The normalized spacial score (nSPS) is 14.3. The van der Waals surface area contributed by atoms with Gasteiger partial charge in [0.25, 0.3) is 0 Å². The van der Waals surface area contributed by atoms with Crippen LogP contribution in [0.1, 0.15) is 11.1 Å². The topological polar surface area (TPSA) is 8.17 Å². The zero-order chi connectivity index (χ0) is 26.2. The molecule has 0 saturated carbocycles. The molecule has 5 aromatic carbocycles. The minimum atomic E-state index is 0.898. The molecule has 0 bridgehead atoms. The average Bonchev–Trinajstić information content (AvgIpc) is 3.54. The second-order valence-electron chi connectivity index (χ2n) is 9.88. The van der Waals surface area contributed by atoms with Gasteiger partial charge in [0.1, 0.15) is 0 Å². The lowest BCUT2D eigenvalue weighted by molar-refractivity contribution is 1.15. The molecule has 6 aromatic rings. The Hall–Kier alpha value is -5.08. The van der Waals surface area contributed by atoms with Crippen LogP contribution >= 0.6 is 0 Å². The molecule has 0 atom stereocenters. The van der Waals surface area contributed by atoms with Gasteiger partial charge in [-0.3, -0.25) is 0 Å². The molecule has 0 N–H and O–H groups in total. The number of nitrogens with zero attached hydrogens (tertiary/aromatic N) is 2. The summed E-state index contributed by atoms with van der Waals surface area (Å²) in [6, 6.07) is 45.3. The summed E-state index contributed by atoms with van der Waals surface area (Å²) in [5.41, 5.74) is 10.9. The Morgan fingerprint density at radius 3 is 2.10 bits per heavy atom. The maximum Gasteiger partial charge on any atom is 0.0541 e. The van der Waals surface area contributed by atoms with E-state index in [-0.39, 0.29) is 0 Å². The molecule has 0 aliphatic carbocycles. The number of fused-ring (bicyclic) bond motifs is 4. The molecular formula is C37H28N2. The van der Waals surface area contributed by atoms with Gasteiger partial charge in [0, 0.05) is 40.0 Å². The number of hydrogen-bond donors (Lipinski definition) is 0. The number of hydrogen-bond acceptors (Lipinski definition) is 1. The summed E-state index contributed by atoms with van der Waals surface area (Å²) in [5.74, 6) is 0. The van der Waals surface area contributed by atoms with Crippen LogP contribution in [-0.4, -0.2) is 4.57 Å². The van der Waals surface area contributed by atoms with Crippen LogP contribution in [0.5, 0.6) is 0 Å². The molecule has 1 aliphatic rings. The molecule has 0 saturated heterocycles. The molecule has 0 amide bonds. The summed E-state index contributed by atoms with van der Waals surface area (Å²) < 4.78 is 2.35. The fourth-order valence-corrected chi connectivity index (χ4v) is 5.80. The zero-order valence-corrected chi connectivity index (χ0v) is 21.7. The van der Waals surface area contributed by atoms with E-state index in [1.165, 1.54) is 50.1 Å². The van der Waals surface area contributed by atoms with Crippen LogP contribution in [0, 0.1) is 0 Å². The molecule has 1 aliphatic heterocycles. The van der Waals surface area contributed by atoms with E-state index in [4.69, 9.17) is 0 Å². The lowest BCUT2D eigenvalue weighted by atomic mass is 10.0. The molecule has 0 radical (unpaired) electrons. The van der Waals surface area contributed by atoms with Crippen LogP contribution in [0.2, 0.25) is 0 Å². The SMILES string of the molecule is C=C/C(=C\C=C1/Cc2ccccc2N1c1ccccc1)c1ccc2c(c1)c1ccccc1n2-c1ccccc1. The smallest absolute Gasteiger partial charge is 0.0541 e. The molecule has 1 aromatic heterocycles. The zero-order valence-electron chi connectivity index (χ0n) is 21.7. The molecule has 0 spiro atoms. The lowest BCUT2D eigenvalue weighted by Gasteiger charge is -2.21. The maximum atomic E-state index is 4.18. The number of benzene rings is 5. The van der Waals surface area contributed by atoms with Crippen molar-refractivity contribution in [2.45, 2.75) is 6.42 Å². The van der Waals surface area contributed by atoms with Crippen LogP contribution in [-0.2, 0) is 6.42 Å². The first-order valence-electron chi connectivity index (χ1n) is 13.4. The van der Waals surface area contributed by atoms with Gasteiger partial charge >= 0.3 is 0 Å². The predicted octanol–water partition coefficient (Wildman–Crippen LogP) is 9.63. The predicted molar refractivity (Wildman–Crippen MR) is 166 cm³/mol. The van der Waals surface area contributed by atoms with Gasteiger partial charge in [-0.2, -0.15) is 0 Å². The highest BCUT2D eigenvalue weighted by atomic mass is 15.2. The van der Waals surface area contributed by atoms with Crippen molar-refractivity contribution in [1.82, 2.24) is 4.57 Å². The van der Waals surface area contributed by atoms with Crippen LogP contribution in [0.15, 0.2) is 158 Å². The van der Waals surface area contributed by atoms with Crippen molar-refractivity contribution in [3.8, 4) is 5.69 Å². The van der Waals surface area contributed by atoms with Gasteiger partial charge in [0.2, 0.25) is 0 Å². The molecule has 2 nitrogen and oxygen atoms in total. The number of allylic oxidation sites excluding steroid dienone is 5. The van der Waals surface area contributed by atoms with E-state index in [9.17, 15) is 0 Å². The monoisotopic (exact) mass is 500 g/mol. The van der Waals surface area contributed by atoms with E-state index in [1.807, 2.05) is 6.08 Å². The largest absolute Gasteiger partial charge is 0.314 e. The lowest BCUT2D eigenvalue weighted by Crippen LogP contribution is -2.11. The molecule has 2 heterocycles. The standard InChI is InChI=1S/C37H28N2/c1-2-27(21-23-32-25-29-13-9-11-19-35(29)38(32)30-14-5-3-6-15-30)28-22-24-37-34(26-28)33-18-10-12-20-36(33)39(37)31-16-7-4-8-17-31/h2-24,26H,1,25H2/b27-21+,32-23+. The Morgan fingerprint density at radius 1 is 0.641 bits per heavy atom. The summed E-state index contributed by atoms with van der Waals surface area (Å²) in [6.45, 7) is 4.18. The fourth-order valence-electron chi connectivity index (χ4n) is 5.80. The van der Waals surface area contributed by atoms with Gasteiger partial charge in [-0.05, 0) is 71.3 Å². The summed E-state index contributed by atoms with van der Waals surface area (Å²) in [4.78, 5) is 2.36. The van der Waals surface area contributed by atoms with E-state index >= 15 is 0 Å². The van der Waals surface area contributed by atoms with Gasteiger partial charge < -0.3 is 9.47 Å². The van der Waals surface area contributed by atoms with Crippen LogP contribution < -0.4 is 4.90 Å². The highest BCUT2D eigenvalue weighted by molar-refractivity contribution is 6.10. The van der Waals surface area contributed by atoms with Crippen molar-refractivity contribution < 1.29 is 0 Å². The van der Waals surface area contributed by atoms with Crippen molar-refractivity contribution in [3.63, 3.8) is 0 Å². The van der Waals surface area contributed by atoms with Crippen LogP contribution in [0.4, 0.5) is 11.4 Å². The minimum absolute atomic E-state index is 0.898. The van der Waals surface area contributed by atoms with Gasteiger partial charge in [0.05, 0.1) is 11.0 Å². The van der Waals surface area contributed by atoms with Gasteiger partial charge in [-0.15, -0.1) is 0 Å². The molecule has 0 fully saturated rings. The van der Waals surface area contributed by atoms with Crippen LogP contribution in [0.25, 0.3) is 33.1 Å². The molecule has 39 heavy (non-hydrogen) atoms. The molecule has 0 unspecified atom stereocenters. The van der Waals surface area contributed by atoms with Crippen molar-refractivity contribution in [3.05, 3.63) is 169 Å². The van der Waals surface area contributed by atoms with E-state index < -0.39 is 0 Å². The Balaban J connectivity index is 1.34. The third-order valence-corrected chi connectivity index (χ3v) is 7.60. The molecule has 2 heteroatoms. The Morgan fingerprint density at radius 2 is 1.31 bits per heavy atom. The third-order valence-electron chi connectivity index (χ3n) is 7.60. The Bertz CT molecular complexity index is 1890. The minimum Gasteiger partial charge on any atom is -0.314 e. The van der Waals surface area contributed by atoms with E-state index in [0.717, 1.165) is 17.6 Å². The van der Waals surface area contributed by atoms with Crippen molar-refractivity contribution in [2.75, 3.05) is 4.90 Å². The molecule has 186 valence electrons. The van der Waals surface area contributed by atoms with Crippen molar-refractivity contribution >= 4 is 38.8 Å². The summed E-state index contributed by atoms with van der Waals surface area (Å²) >= 11 is 0. The second kappa shape index (κ2) is 9.66. The van der Waals surface area contributed by atoms with E-state index in [0.29, 0.717) is 0 Å².